The zero-order valence-corrected chi connectivity index (χ0v) is 13.0. The molecule has 0 unspecified atom stereocenters. The van der Waals surface area contributed by atoms with Gasteiger partial charge in [-0.3, -0.25) is 9.59 Å². The van der Waals surface area contributed by atoms with Gasteiger partial charge in [0, 0.05) is 6.42 Å². The maximum Gasteiger partial charge on any atom is 0.339 e. The highest BCUT2D eigenvalue weighted by Crippen LogP contribution is 2.75. The van der Waals surface area contributed by atoms with Crippen molar-refractivity contribution in [3.63, 3.8) is 0 Å². The van der Waals surface area contributed by atoms with E-state index in [-0.39, 0.29) is 12.8 Å². The van der Waals surface area contributed by atoms with E-state index in [0.29, 0.717) is 0 Å². The Morgan fingerprint density at radius 1 is 1.13 bits per heavy atom. The Bertz CT molecular complexity index is 650. The second kappa shape index (κ2) is 3.70. The molecule has 0 bridgehead atoms. The van der Waals surface area contributed by atoms with E-state index in [1.165, 1.54) is 0 Å². The molecule has 126 valence electrons. The number of aliphatic hydroxyl groups is 2. The maximum atomic E-state index is 12.6. The fraction of sp³-hybridized carbons (Fsp3) is 0.800. The van der Waals surface area contributed by atoms with Gasteiger partial charge in [0.25, 0.3) is 6.29 Å². The van der Waals surface area contributed by atoms with Crippen molar-refractivity contribution in [2.24, 2.45) is 16.2 Å². The summed E-state index contributed by atoms with van der Waals surface area (Å²) < 4.78 is 15.5. The second-order valence-corrected chi connectivity index (χ2v) is 7.89. The second-order valence-electron chi connectivity index (χ2n) is 7.89. The Morgan fingerprint density at radius 2 is 1.78 bits per heavy atom. The third-order valence-electron chi connectivity index (χ3n) is 6.22. The molecule has 6 atom stereocenters. The molecular formula is C15H18O8. The van der Waals surface area contributed by atoms with E-state index in [9.17, 15) is 24.6 Å². The summed E-state index contributed by atoms with van der Waals surface area (Å²) in [5, 5.41) is 22.2. The van der Waals surface area contributed by atoms with E-state index < -0.39 is 58.3 Å². The molecular weight excluding hydrogens is 308 g/mol. The van der Waals surface area contributed by atoms with Gasteiger partial charge in [0.05, 0.1) is 12.0 Å². The van der Waals surface area contributed by atoms with Crippen LogP contribution in [0.1, 0.15) is 33.6 Å². The SMILES string of the molecule is CC(C)(C)[C@@]1(O)C[C@@H]2OC(=O)C[C@@]23C(=O)O[C@@H]2OC(=O)[C@@H](O)[C@@]231. The highest BCUT2D eigenvalue weighted by atomic mass is 16.7. The first-order chi connectivity index (χ1) is 10.5. The smallest absolute Gasteiger partial charge is 0.339 e. The maximum absolute atomic E-state index is 12.6. The van der Waals surface area contributed by atoms with Crippen molar-refractivity contribution in [1.29, 1.82) is 0 Å². The zero-order valence-electron chi connectivity index (χ0n) is 13.0. The number of hydrogen-bond acceptors (Lipinski definition) is 8. The Kier molecular flexibility index (Phi) is 2.39. The van der Waals surface area contributed by atoms with Crippen molar-refractivity contribution in [2.45, 2.75) is 57.7 Å². The molecule has 4 aliphatic rings. The van der Waals surface area contributed by atoms with Crippen LogP contribution in [0.15, 0.2) is 0 Å². The van der Waals surface area contributed by atoms with Gasteiger partial charge in [-0.15, -0.1) is 0 Å². The minimum absolute atomic E-state index is 0.0679. The lowest BCUT2D eigenvalue weighted by Crippen LogP contribution is -2.65. The Morgan fingerprint density at radius 3 is 2.39 bits per heavy atom. The van der Waals surface area contributed by atoms with Crippen LogP contribution in [0, 0.1) is 16.2 Å². The topological polar surface area (TPSA) is 119 Å². The third kappa shape index (κ3) is 1.20. The molecule has 4 rings (SSSR count). The molecule has 3 saturated heterocycles. The summed E-state index contributed by atoms with van der Waals surface area (Å²) in [4.78, 5) is 36.5. The average molecular weight is 326 g/mol. The van der Waals surface area contributed by atoms with Gasteiger partial charge < -0.3 is 24.4 Å². The number of rotatable bonds is 0. The molecule has 0 aromatic heterocycles. The lowest BCUT2D eigenvalue weighted by Gasteiger charge is -2.49. The van der Waals surface area contributed by atoms with Crippen LogP contribution in [-0.4, -0.2) is 52.2 Å². The van der Waals surface area contributed by atoms with E-state index in [1.807, 2.05) is 0 Å². The van der Waals surface area contributed by atoms with E-state index in [4.69, 9.17) is 14.2 Å². The molecule has 2 spiro atoms. The molecule has 23 heavy (non-hydrogen) atoms. The number of carbonyl (C=O) groups is 3. The quantitative estimate of drug-likeness (QED) is 0.558. The summed E-state index contributed by atoms with van der Waals surface area (Å²) in [6.45, 7) is 5.19. The average Bonchev–Trinajstić information content (AvgIpc) is 3.00. The van der Waals surface area contributed by atoms with Crippen LogP contribution in [0.5, 0.6) is 0 Å². The lowest BCUT2D eigenvalue weighted by atomic mass is 9.52. The van der Waals surface area contributed by atoms with Crippen molar-refractivity contribution in [2.75, 3.05) is 0 Å². The molecule has 0 amide bonds. The molecule has 0 aromatic rings. The Hall–Kier alpha value is -1.67. The van der Waals surface area contributed by atoms with Crippen LogP contribution in [0.2, 0.25) is 0 Å². The summed E-state index contributed by atoms with van der Waals surface area (Å²) in [5.74, 6) is -2.36. The first-order valence-electron chi connectivity index (χ1n) is 7.54. The van der Waals surface area contributed by atoms with Gasteiger partial charge in [-0.05, 0) is 5.41 Å². The van der Waals surface area contributed by atoms with Crippen molar-refractivity contribution in [3.05, 3.63) is 0 Å². The fourth-order valence-electron chi connectivity index (χ4n) is 5.15. The van der Waals surface area contributed by atoms with E-state index >= 15 is 0 Å². The Balaban J connectivity index is 2.05. The zero-order chi connectivity index (χ0) is 17.0. The predicted octanol–water partition coefficient (Wildman–Crippen LogP) is -0.744. The number of esters is 3. The summed E-state index contributed by atoms with van der Waals surface area (Å²) in [7, 11) is 0. The first kappa shape index (κ1) is 14.9. The number of hydrogen-bond donors (Lipinski definition) is 2. The number of carbonyl (C=O) groups excluding carboxylic acids is 3. The molecule has 1 aliphatic carbocycles. The van der Waals surface area contributed by atoms with Crippen LogP contribution in [0.4, 0.5) is 0 Å². The van der Waals surface area contributed by atoms with Crippen molar-refractivity contribution >= 4 is 17.9 Å². The molecule has 3 aliphatic heterocycles. The number of ether oxygens (including phenoxy) is 3. The summed E-state index contributed by atoms with van der Waals surface area (Å²) in [6.07, 6.45) is -4.58. The van der Waals surface area contributed by atoms with Crippen LogP contribution < -0.4 is 0 Å². The largest absolute Gasteiger partial charge is 0.461 e. The molecule has 1 saturated carbocycles. The molecule has 0 radical (unpaired) electrons. The predicted molar refractivity (Wildman–Crippen MR) is 70.4 cm³/mol. The summed E-state index contributed by atoms with van der Waals surface area (Å²) in [5.41, 5.74) is -5.91. The summed E-state index contributed by atoms with van der Waals surface area (Å²) >= 11 is 0. The third-order valence-corrected chi connectivity index (χ3v) is 6.22. The molecule has 3 heterocycles. The normalized spacial score (nSPS) is 51.0. The van der Waals surface area contributed by atoms with Gasteiger partial charge >= 0.3 is 17.9 Å². The van der Waals surface area contributed by atoms with Gasteiger partial charge in [-0.2, -0.15) is 0 Å². The van der Waals surface area contributed by atoms with Gasteiger partial charge in [-0.1, -0.05) is 20.8 Å². The van der Waals surface area contributed by atoms with E-state index in [2.05, 4.69) is 0 Å². The van der Waals surface area contributed by atoms with Gasteiger partial charge in [-0.25, -0.2) is 4.79 Å². The molecule has 2 N–H and O–H groups in total. The van der Waals surface area contributed by atoms with Gasteiger partial charge in [0.15, 0.2) is 6.10 Å². The van der Waals surface area contributed by atoms with Crippen LogP contribution in [-0.2, 0) is 28.6 Å². The molecule has 8 heteroatoms. The molecule has 8 nitrogen and oxygen atoms in total. The Labute approximate surface area is 131 Å². The monoisotopic (exact) mass is 326 g/mol. The molecule has 0 aromatic carbocycles. The summed E-state index contributed by atoms with van der Waals surface area (Å²) in [6, 6.07) is 0. The van der Waals surface area contributed by atoms with Gasteiger partial charge in [0.2, 0.25) is 0 Å². The fourth-order valence-corrected chi connectivity index (χ4v) is 5.15. The first-order valence-corrected chi connectivity index (χ1v) is 7.54. The number of aliphatic hydroxyl groups excluding tert-OH is 1. The minimum atomic E-state index is -1.78. The van der Waals surface area contributed by atoms with Crippen LogP contribution in [0.25, 0.3) is 0 Å². The van der Waals surface area contributed by atoms with Crippen LogP contribution >= 0.6 is 0 Å². The van der Waals surface area contributed by atoms with Crippen molar-refractivity contribution in [3.8, 4) is 0 Å². The van der Waals surface area contributed by atoms with E-state index in [0.717, 1.165) is 0 Å². The highest BCUT2D eigenvalue weighted by Gasteiger charge is 2.92. The molecule has 4 fully saturated rings. The lowest BCUT2D eigenvalue weighted by molar-refractivity contribution is -0.224. The standard InChI is InChI=1S/C15H18O8/c1-12(2,3)14(20)4-6-13(5-7(16)21-6)10(19)23-11-15(13,14)8(17)9(18)22-11/h6,8,11,17,20H,4-5H2,1-3H3/t6-,8+,11-,13-,14-,15+/m0/s1. The van der Waals surface area contributed by atoms with Crippen molar-refractivity contribution in [1.82, 2.24) is 0 Å². The highest BCUT2D eigenvalue weighted by molar-refractivity contribution is 5.94. The van der Waals surface area contributed by atoms with Crippen molar-refractivity contribution < 1.29 is 38.8 Å². The minimum Gasteiger partial charge on any atom is -0.461 e. The van der Waals surface area contributed by atoms with Crippen LogP contribution in [0.3, 0.4) is 0 Å². The van der Waals surface area contributed by atoms with E-state index in [1.54, 1.807) is 20.8 Å². The van der Waals surface area contributed by atoms with Gasteiger partial charge in [0.1, 0.15) is 16.9 Å².